The van der Waals surface area contributed by atoms with Gasteiger partial charge in [0.1, 0.15) is 0 Å². The Morgan fingerprint density at radius 3 is 1.94 bits per heavy atom. The van der Waals surface area contributed by atoms with E-state index in [1.165, 1.54) is 31.4 Å². The van der Waals surface area contributed by atoms with Gasteiger partial charge in [-0.1, -0.05) is 0 Å². The third-order valence-corrected chi connectivity index (χ3v) is 3.29. The summed E-state index contributed by atoms with van der Waals surface area (Å²) < 4.78 is 0. The number of carboxylic acid groups (broad SMARTS) is 1. The Balaban J connectivity index is 1.84. The van der Waals surface area contributed by atoms with Crippen LogP contribution in [0.5, 0.6) is 0 Å². The lowest BCUT2D eigenvalue weighted by Gasteiger charge is -2.24. The molecule has 3 nitrogen and oxygen atoms in total. The largest absolute Gasteiger partial charge is 0.478 e. The first-order valence-corrected chi connectivity index (χ1v) is 5.87. The molecule has 16 heavy (non-hydrogen) atoms. The number of carboxylic acids is 1. The van der Waals surface area contributed by atoms with Gasteiger partial charge in [-0.3, -0.25) is 0 Å². The molecule has 0 amide bonds. The third kappa shape index (κ3) is 1.77. The van der Waals surface area contributed by atoms with Crippen LogP contribution < -0.4 is 4.90 Å². The van der Waals surface area contributed by atoms with Crippen molar-refractivity contribution in [3.8, 4) is 0 Å². The topological polar surface area (TPSA) is 40.5 Å². The molecule has 2 aliphatic rings. The molecule has 1 aromatic rings. The fraction of sp³-hybridized carbons (Fsp3) is 0.462. The molecule has 0 radical (unpaired) electrons. The van der Waals surface area contributed by atoms with Crippen LogP contribution in [0.15, 0.2) is 24.3 Å². The molecule has 0 unspecified atom stereocenters. The molecule has 84 valence electrons. The van der Waals surface area contributed by atoms with E-state index in [1.54, 1.807) is 12.1 Å². The zero-order valence-electron chi connectivity index (χ0n) is 9.10. The van der Waals surface area contributed by atoms with Crippen LogP contribution in [0.2, 0.25) is 0 Å². The Kier molecular flexibility index (Phi) is 2.13. The van der Waals surface area contributed by atoms with Crippen LogP contribution in [0.3, 0.4) is 0 Å². The lowest BCUT2D eigenvalue weighted by atomic mass is 10.2. The number of nitrogens with zero attached hydrogens (tertiary/aromatic N) is 1. The molecule has 0 heterocycles. The Morgan fingerprint density at radius 2 is 1.56 bits per heavy atom. The van der Waals surface area contributed by atoms with E-state index in [2.05, 4.69) is 4.90 Å². The van der Waals surface area contributed by atoms with Gasteiger partial charge in [0, 0.05) is 17.8 Å². The smallest absolute Gasteiger partial charge is 0.335 e. The highest BCUT2D eigenvalue weighted by Gasteiger charge is 2.39. The second-order valence-electron chi connectivity index (χ2n) is 4.72. The highest BCUT2D eigenvalue weighted by molar-refractivity contribution is 5.88. The summed E-state index contributed by atoms with van der Waals surface area (Å²) in [6, 6.07) is 8.72. The Morgan fingerprint density at radius 1 is 1.06 bits per heavy atom. The van der Waals surface area contributed by atoms with Crippen molar-refractivity contribution < 1.29 is 9.90 Å². The molecular formula is C13H15NO2. The molecule has 0 bridgehead atoms. The Hall–Kier alpha value is -1.51. The van der Waals surface area contributed by atoms with E-state index < -0.39 is 5.97 Å². The molecule has 2 saturated carbocycles. The summed E-state index contributed by atoms with van der Waals surface area (Å²) in [6.45, 7) is 0. The van der Waals surface area contributed by atoms with Crippen LogP contribution in [0.1, 0.15) is 36.0 Å². The van der Waals surface area contributed by atoms with Crippen LogP contribution in [-0.4, -0.2) is 23.2 Å². The van der Waals surface area contributed by atoms with E-state index in [4.69, 9.17) is 5.11 Å². The van der Waals surface area contributed by atoms with Crippen LogP contribution in [0.25, 0.3) is 0 Å². The molecule has 0 aromatic heterocycles. The van der Waals surface area contributed by atoms with E-state index in [0.29, 0.717) is 17.6 Å². The van der Waals surface area contributed by atoms with Gasteiger partial charge in [-0.15, -0.1) is 0 Å². The molecule has 0 spiro atoms. The fourth-order valence-electron chi connectivity index (χ4n) is 2.20. The SMILES string of the molecule is O=C(O)c1ccc(N(C2CC2)C2CC2)cc1. The van der Waals surface area contributed by atoms with Crippen molar-refractivity contribution in [2.24, 2.45) is 0 Å². The van der Waals surface area contributed by atoms with Gasteiger partial charge < -0.3 is 10.0 Å². The maximum absolute atomic E-state index is 10.8. The van der Waals surface area contributed by atoms with Gasteiger partial charge in [0.2, 0.25) is 0 Å². The number of hydrogen-bond acceptors (Lipinski definition) is 2. The minimum absolute atomic E-state index is 0.371. The summed E-state index contributed by atoms with van der Waals surface area (Å²) in [5.41, 5.74) is 1.56. The first-order valence-electron chi connectivity index (χ1n) is 5.87. The second-order valence-corrected chi connectivity index (χ2v) is 4.72. The fourth-order valence-corrected chi connectivity index (χ4v) is 2.20. The van der Waals surface area contributed by atoms with Gasteiger partial charge in [0.25, 0.3) is 0 Å². The lowest BCUT2D eigenvalue weighted by molar-refractivity contribution is 0.0697. The standard InChI is InChI=1S/C13H15NO2/c15-13(16)9-1-3-10(4-2-9)14(11-5-6-11)12-7-8-12/h1-4,11-12H,5-8H2,(H,15,16). The van der Waals surface area contributed by atoms with Crippen molar-refractivity contribution in [2.75, 3.05) is 4.90 Å². The third-order valence-electron chi connectivity index (χ3n) is 3.29. The molecule has 3 rings (SSSR count). The minimum Gasteiger partial charge on any atom is -0.478 e. The van der Waals surface area contributed by atoms with E-state index >= 15 is 0 Å². The number of benzene rings is 1. The van der Waals surface area contributed by atoms with E-state index in [-0.39, 0.29) is 0 Å². The van der Waals surface area contributed by atoms with Crippen molar-refractivity contribution in [3.05, 3.63) is 29.8 Å². The molecule has 0 saturated heterocycles. The number of hydrogen-bond donors (Lipinski definition) is 1. The predicted octanol–water partition coefficient (Wildman–Crippen LogP) is 2.52. The van der Waals surface area contributed by atoms with Gasteiger partial charge >= 0.3 is 5.97 Å². The van der Waals surface area contributed by atoms with Gasteiger partial charge in [-0.05, 0) is 49.9 Å². The van der Waals surface area contributed by atoms with Crippen molar-refractivity contribution in [3.63, 3.8) is 0 Å². The average molecular weight is 217 g/mol. The molecule has 2 aliphatic carbocycles. The molecular weight excluding hydrogens is 202 g/mol. The van der Waals surface area contributed by atoms with E-state index in [0.717, 1.165) is 0 Å². The van der Waals surface area contributed by atoms with Crippen LogP contribution in [0.4, 0.5) is 5.69 Å². The molecule has 1 N–H and O–H groups in total. The van der Waals surface area contributed by atoms with Crippen molar-refractivity contribution >= 4 is 11.7 Å². The van der Waals surface area contributed by atoms with Crippen LogP contribution >= 0.6 is 0 Å². The Bertz CT molecular complexity index is 392. The van der Waals surface area contributed by atoms with E-state index in [9.17, 15) is 4.79 Å². The number of rotatable bonds is 4. The van der Waals surface area contributed by atoms with Crippen molar-refractivity contribution in [1.82, 2.24) is 0 Å². The van der Waals surface area contributed by atoms with E-state index in [1.807, 2.05) is 12.1 Å². The summed E-state index contributed by atoms with van der Waals surface area (Å²) in [5.74, 6) is -0.851. The maximum atomic E-state index is 10.8. The lowest BCUT2D eigenvalue weighted by Crippen LogP contribution is -2.27. The molecule has 0 aliphatic heterocycles. The quantitative estimate of drug-likeness (QED) is 0.842. The summed E-state index contributed by atoms with van der Waals surface area (Å²) in [6.07, 6.45) is 5.16. The summed E-state index contributed by atoms with van der Waals surface area (Å²) in [7, 11) is 0. The van der Waals surface area contributed by atoms with Gasteiger partial charge in [-0.2, -0.15) is 0 Å². The zero-order valence-corrected chi connectivity index (χ0v) is 9.10. The van der Waals surface area contributed by atoms with Gasteiger partial charge in [0.15, 0.2) is 0 Å². The molecule has 2 fully saturated rings. The first-order chi connectivity index (χ1) is 7.75. The molecule has 0 atom stereocenters. The highest BCUT2D eigenvalue weighted by atomic mass is 16.4. The molecule has 1 aromatic carbocycles. The number of aromatic carboxylic acids is 1. The minimum atomic E-state index is -0.851. The summed E-state index contributed by atoms with van der Waals surface area (Å²) >= 11 is 0. The monoisotopic (exact) mass is 217 g/mol. The number of anilines is 1. The zero-order chi connectivity index (χ0) is 11.1. The van der Waals surface area contributed by atoms with Gasteiger partial charge in [0.05, 0.1) is 5.56 Å². The van der Waals surface area contributed by atoms with Crippen molar-refractivity contribution in [1.29, 1.82) is 0 Å². The summed E-state index contributed by atoms with van der Waals surface area (Å²) in [5, 5.41) is 8.84. The van der Waals surface area contributed by atoms with Crippen molar-refractivity contribution in [2.45, 2.75) is 37.8 Å². The number of carbonyl (C=O) groups is 1. The van der Waals surface area contributed by atoms with Gasteiger partial charge in [-0.25, -0.2) is 4.79 Å². The predicted molar refractivity (Wildman–Crippen MR) is 61.9 cm³/mol. The second kappa shape index (κ2) is 3.51. The normalized spacial score (nSPS) is 19.5. The maximum Gasteiger partial charge on any atom is 0.335 e. The average Bonchev–Trinajstić information content (AvgIpc) is 3.13. The van der Waals surface area contributed by atoms with Crippen LogP contribution in [-0.2, 0) is 0 Å². The Labute approximate surface area is 94.7 Å². The summed E-state index contributed by atoms with van der Waals surface area (Å²) in [4.78, 5) is 13.2. The first kappa shape index (κ1) is 9.70. The molecule has 3 heteroatoms. The van der Waals surface area contributed by atoms with Crippen LogP contribution in [0, 0.1) is 0 Å². The highest BCUT2D eigenvalue weighted by Crippen LogP contribution is 2.40.